The molecule has 1 unspecified atom stereocenters. The number of carbonyl (C=O) groups is 1. The molecule has 0 aliphatic heterocycles. The van der Waals surface area contributed by atoms with Crippen LogP contribution < -0.4 is 11.1 Å². The van der Waals surface area contributed by atoms with Gasteiger partial charge in [-0.1, -0.05) is 19.1 Å². The van der Waals surface area contributed by atoms with Crippen molar-refractivity contribution in [3.63, 3.8) is 0 Å². The van der Waals surface area contributed by atoms with E-state index in [0.717, 1.165) is 12.0 Å². The summed E-state index contributed by atoms with van der Waals surface area (Å²) >= 11 is 0. The Balaban J connectivity index is 2.30. The van der Waals surface area contributed by atoms with Crippen molar-refractivity contribution >= 4 is 5.91 Å². The number of phenolic OH excluding ortho intramolecular Hbond substituents is 1. The molecule has 1 aromatic rings. The molecule has 0 aliphatic rings. The molecule has 1 aromatic carbocycles. The van der Waals surface area contributed by atoms with E-state index in [0.29, 0.717) is 13.1 Å². The molecule has 0 spiro atoms. The molecule has 0 aromatic heterocycles. The van der Waals surface area contributed by atoms with Crippen molar-refractivity contribution in [3.8, 4) is 5.75 Å². The molecule has 0 heterocycles. The van der Waals surface area contributed by atoms with Crippen LogP contribution in [0.25, 0.3) is 0 Å². The zero-order chi connectivity index (χ0) is 12.0. The van der Waals surface area contributed by atoms with Crippen LogP contribution in [0.4, 0.5) is 0 Å². The number of nitrogens with one attached hydrogen (secondary N) is 1. The Morgan fingerprint density at radius 3 is 2.62 bits per heavy atom. The zero-order valence-electron chi connectivity index (χ0n) is 9.44. The molecule has 4 N–H and O–H groups in total. The van der Waals surface area contributed by atoms with E-state index in [1.165, 1.54) is 0 Å². The molecule has 88 valence electrons. The fourth-order valence-electron chi connectivity index (χ4n) is 1.27. The molecular weight excluding hydrogens is 204 g/mol. The fourth-order valence-corrected chi connectivity index (χ4v) is 1.27. The SMILES string of the molecule is CC(CN)C(=O)NCCc1ccc(O)cc1. The predicted octanol–water partition coefficient (Wildman–Crippen LogP) is 0.646. The van der Waals surface area contributed by atoms with E-state index < -0.39 is 0 Å². The maximum Gasteiger partial charge on any atom is 0.224 e. The van der Waals surface area contributed by atoms with Crippen molar-refractivity contribution in [1.29, 1.82) is 0 Å². The summed E-state index contributed by atoms with van der Waals surface area (Å²) in [6.45, 7) is 2.76. The molecule has 1 amide bonds. The molecule has 1 rings (SSSR count). The molecule has 0 radical (unpaired) electrons. The smallest absolute Gasteiger partial charge is 0.224 e. The highest BCUT2D eigenvalue weighted by Gasteiger charge is 2.09. The number of nitrogens with two attached hydrogens (primary N) is 1. The van der Waals surface area contributed by atoms with Crippen molar-refractivity contribution in [2.75, 3.05) is 13.1 Å². The first-order valence-electron chi connectivity index (χ1n) is 5.39. The lowest BCUT2D eigenvalue weighted by molar-refractivity contribution is -0.124. The molecule has 0 fully saturated rings. The van der Waals surface area contributed by atoms with Crippen LogP contribution in [-0.2, 0) is 11.2 Å². The quantitative estimate of drug-likeness (QED) is 0.684. The Morgan fingerprint density at radius 2 is 2.06 bits per heavy atom. The Kier molecular flexibility index (Phi) is 4.79. The maximum atomic E-state index is 11.4. The molecule has 1 atom stereocenters. The van der Waals surface area contributed by atoms with E-state index in [9.17, 15) is 4.79 Å². The molecule has 0 saturated heterocycles. The van der Waals surface area contributed by atoms with Gasteiger partial charge in [-0.3, -0.25) is 4.79 Å². The lowest BCUT2D eigenvalue weighted by Crippen LogP contribution is -2.34. The summed E-state index contributed by atoms with van der Waals surface area (Å²) in [4.78, 5) is 11.4. The first-order valence-corrected chi connectivity index (χ1v) is 5.39. The van der Waals surface area contributed by atoms with Gasteiger partial charge in [-0.2, -0.15) is 0 Å². The van der Waals surface area contributed by atoms with Crippen LogP contribution in [-0.4, -0.2) is 24.1 Å². The average Bonchev–Trinajstić information content (AvgIpc) is 2.30. The van der Waals surface area contributed by atoms with Gasteiger partial charge in [0, 0.05) is 19.0 Å². The molecule has 4 heteroatoms. The van der Waals surface area contributed by atoms with Crippen LogP contribution in [0.2, 0.25) is 0 Å². The van der Waals surface area contributed by atoms with Gasteiger partial charge in [0.15, 0.2) is 0 Å². The number of hydrogen-bond donors (Lipinski definition) is 3. The summed E-state index contributed by atoms with van der Waals surface area (Å²) < 4.78 is 0. The maximum absolute atomic E-state index is 11.4. The number of rotatable bonds is 5. The summed E-state index contributed by atoms with van der Waals surface area (Å²) in [5.74, 6) is 0.102. The number of amides is 1. The van der Waals surface area contributed by atoms with Crippen molar-refractivity contribution in [2.24, 2.45) is 11.7 Å². The van der Waals surface area contributed by atoms with Gasteiger partial charge in [0.25, 0.3) is 0 Å². The van der Waals surface area contributed by atoms with E-state index in [4.69, 9.17) is 10.8 Å². The Bertz CT molecular complexity index is 335. The summed E-state index contributed by atoms with van der Waals surface area (Å²) in [7, 11) is 0. The number of hydrogen-bond acceptors (Lipinski definition) is 3. The third-order valence-electron chi connectivity index (χ3n) is 2.45. The summed E-state index contributed by atoms with van der Waals surface area (Å²) in [5.41, 5.74) is 6.47. The summed E-state index contributed by atoms with van der Waals surface area (Å²) in [6.07, 6.45) is 0.753. The van der Waals surface area contributed by atoms with Crippen molar-refractivity contribution in [3.05, 3.63) is 29.8 Å². The zero-order valence-corrected chi connectivity index (χ0v) is 9.44. The van der Waals surface area contributed by atoms with Crippen LogP contribution in [0.1, 0.15) is 12.5 Å². The molecule has 0 aliphatic carbocycles. The predicted molar refractivity (Wildman–Crippen MR) is 63.0 cm³/mol. The van der Waals surface area contributed by atoms with Crippen molar-refractivity contribution < 1.29 is 9.90 Å². The second-order valence-corrected chi connectivity index (χ2v) is 3.84. The van der Waals surface area contributed by atoms with Gasteiger partial charge >= 0.3 is 0 Å². The fraction of sp³-hybridized carbons (Fsp3) is 0.417. The minimum absolute atomic E-state index is 0.0127. The monoisotopic (exact) mass is 222 g/mol. The second kappa shape index (κ2) is 6.12. The van der Waals surface area contributed by atoms with E-state index in [1.54, 1.807) is 19.1 Å². The van der Waals surface area contributed by atoms with Gasteiger partial charge in [0.05, 0.1) is 0 Å². The Hall–Kier alpha value is -1.55. The minimum Gasteiger partial charge on any atom is -0.508 e. The topological polar surface area (TPSA) is 75.4 Å². The van der Waals surface area contributed by atoms with E-state index >= 15 is 0 Å². The van der Waals surface area contributed by atoms with Crippen LogP contribution in [0.15, 0.2) is 24.3 Å². The first kappa shape index (κ1) is 12.5. The van der Waals surface area contributed by atoms with Gasteiger partial charge in [-0.05, 0) is 24.1 Å². The standard InChI is InChI=1S/C12H18N2O2/c1-9(8-13)12(16)14-7-6-10-2-4-11(15)5-3-10/h2-5,9,15H,6-8,13H2,1H3,(H,14,16). The Labute approximate surface area is 95.5 Å². The normalized spacial score (nSPS) is 12.1. The van der Waals surface area contributed by atoms with Gasteiger partial charge in [-0.25, -0.2) is 0 Å². The number of phenols is 1. The molecule has 4 nitrogen and oxygen atoms in total. The highest BCUT2D eigenvalue weighted by molar-refractivity contribution is 5.78. The van der Waals surface area contributed by atoms with E-state index in [-0.39, 0.29) is 17.6 Å². The van der Waals surface area contributed by atoms with Crippen LogP contribution in [0.3, 0.4) is 0 Å². The highest BCUT2D eigenvalue weighted by atomic mass is 16.3. The number of benzene rings is 1. The van der Waals surface area contributed by atoms with Crippen molar-refractivity contribution in [1.82, 2.24) is 5.32 Å². The molecule has 16 heavy (non-hydrogen) atoms. The third kappa shape index (κ3) is 3.90. The minimum atomic E-state index is -0.139. The Morgan fingerprint density at radius 1 is 1.44 bits per heavy atom. The van der Waals surface area contributed by atoms with E-state index in [2.05, 4.69) is 5.32 Å². The average molecular weight is 222 g/mol. The van der Waals surface area contributed by atoms with Crippen LogP contribution >= 0.6 is 0 Å². The number of carbonyl (C=O) groups excluding carboxylic acids is 1. The lowest BCUT2D eigenvalue weighted by Gasteiger charge is -2.09. The van der Waals surface area contributed by atoms with Gasteiger partial charge in [-0.15, -0.1) is 0 Å². The molecule has 0 bridgehead atoms. The third-order valence-corrected chi connectivity index (χ3v) is 2.45. The van der Waals surface area contributed by atoms with Crippen molar-refractivity contribution in [2.45, 2.75) is 13.3 Å². The molecule has 0 saturated carbocycles. The first-order chi connectivity index (χ1) is 7.63. The largest absolute Gasteiger partial charge is 0.508 e. The van der Waals surface area contributed by atoms with E-state index in [1.807, 2.05) is 12.1 Å². The summed E-state index contributed by atoms with van der Waals surface area (Å²) in [6, 6.07) is 6.96. The van der Waals surface area contributed by atoms with Gasteiger partial charge in [0.1, 0.15) is 5.75 Å². The number of aromatic hydroxyl groups is 1. The summed E-state index contributed by atoms with van der Waals surface area (Å²) in [5, 5.41) is 11.9. The lowest BCUT2D eigenvalue weighted by atomic mass is 10.1. The van der Waals surface area contributed by atoms with Crippen LogP contribution in [0, 0.1) is 5.92 Å². The second-order valence-electron chi connectivity index (χ2n) is 3.84. The van der Waals surface area contributed by atoms with Gasteiger partial charge < -0.3 is 16.2 Å². The van der Waals surface area contributed by atoms with Crippen LogP contribution in [0.5, 0.6) is 5.75 Å². The van der Waals surface area contributed by atoms with Gasteiger partial charge in [0.2, 0.25) is 5.91 Å². The molecular formula is C12H18N2O2. The highest BCUT2D eigenvalue weighted by Crippen LogP contribution is 2.09.